The quantitative estimate of drug-likeness (QED) is 0.586. The first-order valence-electron chi connectivity index (χ1n) is 3.06. The Balaban J connectivity index is 2.73. The molecule has 0 amide bonds. The molecule has 1 N–H and O–H groups in total. The topological polar surface area (TPSA) is 58.5 Å². The van der Waals surface area contributed by atoms with Gasteiger partial charge in [0, 0.05) is 5.92 Å². The fraction of sp³-hybridized carbons (Fsp3) is 0.800. The molecule has 0 spiro atoms. The number of nitrogens with zero attached hydrogens (tertiary/aromatic N) is 1. The summed E-state index contributed by atoms with van der Waals surface area (Å²) in [4.78, 5) is 3.81. The number of amidine groups is 1. The van der Waals surface area contributed by atoms with Crippen LogP contribution in [0.25, 0.3) is 0 Å². The third-order valence-electron chi connectivity index (χ3n) is 1.21. The molecule has 0 bridgehead atoms. The molecule has 1 aliphatic rings. The Morgan fingerprint density at radius 2 is 2.20 bits per heavy atom. The summed E-state index contributed by atoms with van der Waals surface area (Å²) in [6.45, 7) is 3.79. The molecule has 58 valence electrons. The smallest absolute Gasteiger partial charge is 0.254 e. The molecule has 0 aromatic heterocycles. The van der Waals surface area contributed by atoms with Crippen molar-refractivity contribution in [3.05, 3.63) is 0 Å². The Morgan fingerprint density at radius 3 is 2.40 bits per heavy atom. The normalized spacial score (nSPS) is 22.5. The van der Waals surface area contributed by atoms with Gasteiger partial charge in [-0.05, 0) is 0 Å². The van der Waals surface area contributed by atoms with E-state index in [9.17, 15) is 8.42 Å². The summed E-state index contributed by atoms with van der Waals surface area (Å²) in [5.41, 5.74) is 0. The van der Waals surface area contributed by atoms with Crippen LogP contribution in [-0.4, -0.2) is 20.1 Å². The molecule has 0 atom stereocenters. The van der Waals surface area contributed by atoms with Crippen LogP contribution in [0.1, 0.15) is 13.8 Å². The number of aliphatic imine (C=N–C) groups is 1. The summed E-state index contributed by atoms with van der Waals surface area (Å²) < 4.78 is 23.8. The van der Waals surface area contributed by atoms with Crippen molar-refractivity contribution < 1.29 is 8.42 Å². The van der Waals surface area contributed by atoms with Crippen LogP contribution in [0.3, 0.4) is 0 Å². The Labute approximate surface area is 60.4 Å². The predicted molar refractivity (Wildman–Crippen MR) is 39.2 cm³/mol. The average molecular weight is 162 g/mol. The van der Waals surface area contributed by atoms with Gasteiger partial charge < -0.3 is 0 Å². The first-order chi connectivity index (χ1) is 4.51. The lowest BCUT2D eigenvalue weighted by atomic mass is 10.2. The Morgan fingerprint density at radius 1 is 1.60 bits per heavy atom. The standard InChI is InChI=1S/C5H10N2O2S/c1-4(2)5-6-3-10(8,9)7-5/h4H,3H2,1-2H3,(H,6,7). The molecular formula is C5H10N2O2S. The molecule has 0 saturated carbocycles. The average Bonchev–Trinajstić information content (AvgIpc) is 2.10. The van der Waals surface area contributed by atoms with Crippen LogP contribution in [0.2, 0.25) is 0 Å². The van der Waals surface area contributed by atoms with Gasteiger partial charge in [0.25, 0.3) is 10.0 Å². The third kappa shape index (κ3) is 1.47. The van der Waals surface area contributed by atoms with Crippen molar-refractivity contribution in [3.63, 3.8) is 0 Å². The summed E-state index contributed by atoms with van der Waals surface area (Å²) >= 11 is 0. The van der Waals surface area contributed by atoms with Crippen LogP contribution in [-0.2, 0) is 10.0 Å². The lowest BCUT2D eigenvalue weighted by Crippen LogP contribution is -2.28. The van der Waals surface area contributed by atoms with Crippen molar-refractivity contribution in [2.75, 3.05) is 5.88 Å². The molecular weight excluding hydrogens is 152 g/mol. The second-order valence-electron chi connectivity index (χ2n) is 2.54. The molecule has 0 fully saturated rings. The van der Waals surface area contributed by atoms with E-state index in [2.05, 4.69) is 9.71 Å². The van der Waals surface area contributed by atoms with Gasteiger partial charge in [0.15, 0.2) is 5.88 Å². The van der Waals surface area contributed by atoms with Gasteiger partial charge in [0.2, 0.25) is 0 Å². The molecule has 4 nitrogen and oxygen atoms in total. The van der Waals surface area contributed by atoms with Crippen molar-refractivity contribution in [1.29, 1.82) is 0 Å². The highest BCUT2D eigenvalue weighted by Crippen LogP contribution is 2.03. The number of rotatable bonds is 1. The largest absolute Gasteiger partial charge is 0.269 e. The van der Waals surface area contributed by atoms with Crippen molar-refractivity contribution in [1.82, 2.24) is 4.72 Å². The van der Waals surface area contributed by atoms with Gasteiger partial charge in [-0.2, -0.15) is 0 Å². The van der Waals surface area contributed by atoms with Crippen LogP contribution in [0.15, 0.2) is 4.99 Å². The molecule has 1 aliphatic heterocycles. The highest BCUT2D eigenvalue weighted by Gasteiger charge is 2.21. The lowest BCUT2D eigenvalue weighted by molar-refractivity contribution is 0.595. The summed E-state index contributed by atoms with van der Waals surface area (Å²) in [5, 5.41) is 0. The Kier molecular flexibility index (Phi) is 1.68. The minimum Gasteiger partial charge on any atom is -0.269 e. The van der Waals surface area contributed by atoms with Crippen LogP contribution in [0.5, 0.6) is 0 Å². The molecule has 1 rings (SSSR count). The van der Waals surface area contributed by atoms with Gasteiger partial charge in [0.1, 0.15) is 5.84 Å². The maximum absolute atomic E-state index is 10.7. The molecule has 0 aliphatic carbocycles. The summed E-state index contributed by atoms with van der Waals surface area (Å²) in [5.74, 6) is 0.623. The second-order valence-corrected chi connectivity index (χ2v) is 4.24. The van der Waals surface area contributed by atoms with Gasteiger partial charge in [-0.15, -0.1) is 0 Å². The van der Waals surface area contributed by atoms with Crippen LogP contribution in [0.4, 0.5) is 0 Å². The van der Waals surface area contributed by atoms with E-state index < -0.39 is 10.0 Å². The van der Waals surface area contributed by atoms with E-state index in [-0.39, 0.29) is 11.8 Å². The van der Waals surface area contributed by atoms with Gasteiger partial charge >= 0.3 is 0 Å². The maximum Gasteiger partial charge on any atom is 0.254 e. The molecule has 0 unspecified atom stereocenters. The van der Waals surface area contributed by atoms with E-state index in [0.29, 0.717) is 5.84 Å². The van der Waals surface area contributed by atoms with Gasteiger partial charge in [-0.1, -0.05) is 13.8 Å². The predicted octanol–water partition coefficient (Wildman–Crippen LogP) is -0.0686. The number of hydrogen-bond donors (Lipinski definition) is 1. The summed E-state index contributed by atoms with van der Waals surface area (Å²) in [6, 6.07) is 0. The van der Waals surface area contributed by atoms with E-state index in [1.807, 2.05) is 13.8 Å². The lowest BCUT2D eigenvalue weighted by Gasteiger charge is -2.02. The number of sulfonamides is 1. The van der Waals surface area contributed by atoms with Crippen molar-refractivity contribution in [2.45, 2.75) is 13.8 Å². The van der Waals surface area contributed by atoms with Gasteiger partial charge in [0.05, 0.1) is 0 Å². The molecule has 10 heavy (non-hydrogen) atoms. The third-order valence-corrected chi connectivity index (χ3v) is 2.20. The zero-order chi connectivity index (χ0) is 7.78. The van der Waals surface area contributed by atoms with Crippen molar-refractivity contribution in [2.24, 2.45) is 10.9 Å². The monoisotopic (exact) mass is 162 g/mol. The van der Waals surface area contributed by atoms with E-state index in [1.54, 1.807) is 0 Å². The molecule has 0 aromatic carbocycles. The molecule has 5 heteroatoms. The molecule has 0 aromatic rings. The zero-order valence-electron chi connectivity index (χ0n) is 5.96. The van der Waals surface area contributed by atoms with Gasteiger partial charge in [-0.25, -0.2) is 8.42 Å². The van der Waals surface area contributed by atoms with E-state index in [4.69, 9.17) is 0 Å². The van der Waals surface area contributed by atoms with E-state index >= 15 is 0 Å². The van der Waals surface area contributed by atoms with Gasteiger partial charge in [-0.3, -0.25) is 9.71 Å². The first kappa shape index (κ1) is 7.53. The Hall–Kier alpha value is -0.580. The number of hydrogen-bond acceptors (Lipinski definition) is 3. The maximum atomic E-state index is 10.7. The van der Waals surface area contributed by atoms with Crippen molar-refractivity contribution >= 4 is 15.9 Å². The Bertz CT molecular complexity index is 253. The van der Waals surface area contributed by atoms with E-state index in [0.717, 1.165) is 0 Å². The summed E-state index contributed by atoms with van der Waals surface area (Å²) in [6.07, 6.45) is 0. The molecule has 1 heterocycles. The van der Waals surface area contributed by atoms with Crippen LogP contribution in [0, 0.1) is 5.92 Å². The SMILES string of the molecule is CC(C)C1=NCS(=O)(=O)N1. The van der Waals surface area contributed by atoms with Crippen LogP contribution < -0.4 is 4.72 Å². The van der Waals surface area contributed by atoms with Crippen LogP contribution >= 0.6 is 0 Å². The van der Waals surface area contributed by atoms with Crippen molar-refractivity contribution in [3.8, 4) is 0 Å². The first-order valence-corrected chi connectivity index (χ1v) is 4.71. The highest BCUT2D eigenvalue weighted by molar-refractivity contribution is 7.90. The zero-order valence-corrected chi connectivity index (χ0v) is 6.77. The minimum atomic E-state index is -3.09. The fourth-order valence-electron chi connectivity index (χ4n) is 0.679. The number of nitrogens with one attached hydrogen (secondary N) is 1. The molecule has 0 radical (unpaired) electrons. The molecule has 0 saturated heterocycles. The minimum absolute atomic E-state index is 0.111. The second kappa shape index (κ2) is 2.23. The van der Waals surface area contributed by atoms with E-state index in [1.165, 1.54) is 0 Å². The summed E-state index contributed by atoms with van der Waals surface area (Å²) in [7, 11) is -3.09. The highest BCUT2D eigenvalue weighted by atomic mass is 32.2. The fourth-order valence-corrected chi connectivity index (χ4v) is 1.67.